The Morgan fingerprint density at radius 3 is 2.60 bits per heavy atom. The van der Waals surface area contributed by atoms with E-state index in [1.165, 1.54) is 18.2 Å². The molecule has 0 aliphatic rings. The van der Waals surface area contributed by atoms with Gasteiger partial charge < -0.3 is 5.32 Å². The third-order valence-electron chi connectivity index (χ3n) is 2.71. The zero-order valence-electron chi connectivity index (χ0n) is 10.3. The molecule has 0 aliphatic carbocycles. The van der Waals surface area contributed by atoms with E-state index in [2.05, 4.69) is 27.3 Å². The lowest BCUT2D eigenvalue weighted by molar-refractivity contribution is 0.623. The molecule has 0 amide bonds. The fraction of sp³-hybridized carbons (Fsp3) is 0.0667. The van der Waals surface area contributed by atoms with Gasteiger partial charge in [0, 0.05) is 10.2 Å². The van der Waals surface area contributed by atoms with Crippen LogP contribution < -0.4 is 5.32 Å². The van der Waals surface area contributed by atoms with Crippen molar-refractivity contribution in [3.8, 4) is 12.1 Å². The quantitative estimate of drug-likeness (QED) is 0.920. The van der Waals surface area contributed by atoms with Gasteiger partial charge in [-0.05, 0) is 35.9 Å². The van der Waals surface area contributed by atoms with Crippen LogP contribution in [0.3, 0.4) is 0 Å². The zero-order valence-corrected chi connectivity index (χ0v) is 11.9. The Labute approximate surface area is 124 Å². The van der Waals surface area contributed by atoms with Gasteiger partial charge in [0.05, 0.1) is 11.6 Å². The fourth-order valence-corrected chi connectivity index (χ4v) is 2.14. The largest absolute Gasteiger partial charge is 0.366 e. The molecule has 20 heavy (non-hydrogen) atoms. The van der Waals surface area contributed by atoms with Crippen LogP contribution in [0.2, 0.25) is 0 Å². The lowest BCUT2D eigenvalue weighted by Gasteiger charge is -2.14. The van der Waals surface area contributed by atoms with Crippen molar-refractivity contribution in [1.82, 2.24) is 0 Å². The lowest BCUT2D eigenvalue weighted by atomic mass is 10.0. The van der Waals surface area contributed by atoms with Gasteiger partial charge in [-0.25, -0.2) is 4.39 Å². The van der Waals surface area contributed by atoms with E-state index >= 15 is 0 Å². The van der Waals surface area contributed by atoms with E-state index in [4.69, 9.17) is 5.26 Å². The SMILES string of the molecule is N#Cc1cc(C(C#N)Nc2cccc(Br)c2)ccc1F. The molecule has 0 bridgehead atoms. The number of nitrogens with one attached hydrogen (secondary N) is 1. The molecule has 98 valence electrons. The summed E-state index contributed by atoms with van der Waals surface area (Å²) in [6, 6.07) is 14.7. The second-order valence-corrected chi connectivity index (χ2v) is 4.98. The first-order valence-electron chi connectivity index (χ1n) is 5.75. The summed E-state index contributed by atoms with van der Waals surface area (Å²) in [5.74, 6) is -0.588. The Morgan fingerprint density at radius 2 is 1.95 bits per heavy atom. The van der Waals surface area contributed by atoms with Crippen molar-refractivity contribution >= 4 is 21.6 Å². The second-order valence-electron chi connectivity index (χ2n) is 4.07. The minimum absolute atomic E-state index is 0.0706. The Balaban J connectivity index is 2.30. The first-order chi connectivity index (χ1) is 9.63. The molecule has 0 spiro atoms. The molecule has 3 nitrogen and oxygen atoms in total. The normalized spacial score (nSPS) is 11.2. The summed E-state index contributed by atoms with van der Waals surface area (Å²) in [7, 11) is 0. The molecule has 0 aromatic heterocycles. The molecule has 0 saturated carbocycles. The van der Waals surface area contributed by atoms with Gasteiger partial charge in [-0.2, -0.15) is 10.5 Å². The maximum absolute atomic E-state index is 13.3. The van der Waals surface area contributed by atoms with Crippen LogP contribution >= 0.6 is 15.9 Å². The maximum Gasteiger partial charge on any atom is 0.140 e. The highest BCUT2D eigenvalue weighted by Crippen LogP contribution is 2.23. The summed E-state index contributed by atoms with van der Waals surface area (Å²) in [5.41, 5.74) is 1.23. The number of hydrogen-bond acceptors (Lipinski definition) is 3. The Hall–Kier alpha value is -2.37. The van der Waals surface area contributed by atoms with Crippen LogP contribution in [0.15, 0.2) is 46.9 Å². The van der Waals surface area contributed by atoms with E-state index in [1.807, 2.05) is 24.3 Å². The van der Waals surface area contributed by atoms with Gasteiger partial charge in [-0.15, -0.1) is 0 Å². The van der Waals surface area contributed by atoms with Crippen molar-refractivity contribution in [2.75, 3.05) is 5.32 Å². The van der Waals surface area contributed by atoms with Gasteiger partial charge in [0.15, 0.2) is 0 Å². The Bertz CT molecular complexity index is 716. The highest BCUT2D eigenvalue weighted by Gasteiger charge is 2.13. The molecule has 0 radical (unpaired) electrons. The molecular weight excluding hydrogens is 321 g/mol. The van der Waals surface area contributed by atoms with Crippen LogP contribution in [0, 0.1) is 28.5 Å². The van der Waals surface area contributed by atoms with E-state index in [0.29, 0.717) is 5.56 Å². The summed E-state index contributed by atoms with van der Waals surface area (Å²) >= 11 is 3.35. The Kier molecular flexibility index (Phi) is 4.34. The molecule has 0 heterocycles. The van der Waals surface area contributed by atoms with Crippen molar-refractivity contribution in [3.05, 3.63) is 63.9 Å². The number of hydrogen-bond donors (Lipinski definition) is 1. The van der Waals surface area contributed by atoms with Crippen LogP contribution in [-0.2, 0) is 0 Å². The summed E-state index contributed by atoms with van der Waals surface area (Å²) in [5, 5.41) is 21.1. The number of nitrogens with zero attached hydrogens (tertiary/aromatic N) is 2. The average molecular weight is 330 g/mol. The molecule has 2 aromatic carbocycles. The summed E-state index contributed by atoms with van der Waals surface area (Å²) < 4.78 is 14.2. The van der Waals surface area contributed by atoms with Gasteiger partial charge in [0.1, 0.15) is 17.9 Å². The van der Waals surface area contributed by atoms with Gasteiger partial charge in [0.25, 0.3) is 0 Å². The van der Waals surface area contributed by atoms with Crippen LogP contribution in [0.4, 0.5) is 10.1 Å². The Morgan fingerprint density at radius 1 is 1.15 bits per heavy atom. The molecule has 0 fully saturated rings. The predicted octanol–water partition coefficient (Wildman–Crippen LogP) is 4.14. The summed E-state index contributed by atoms with van der Waals surface area (Å²) in [4.78, 5) is 0. The van der Waals surface area contributed by atoms with Crippen molar-refractivity contribution in [3.63, 3.8) is 0 Å². The molecule has 1 atom stereocenters. The average Bonchev–Trinajstić information content (AvgIpc) is 2.45. The molecule has 0 aliphatic heterocycles. The highest BCUT2D eigenvalue weighted by atomic mass is 79.9. The molecule has 1 N–H and O–H groups in total. The minimum atomic E-state index is -0.656. The van der Waals surface area contributed by atoms with Crippen LogP contribution in [0.25, 0.3) is 0 Å². The molecule has 5 heteroatoms. The number of nitriles is 2. The van der Waals surface area contributed by atoms with Crippen molar-refractivity contribution in [2.45, 2.75) is 6.04 Å². The zero-order chi connectivity index (χ0) is 14.5. The van der Waals surface area contributed by atoms with E-state index in [9.17, 15) is 9.65 Å². The topological polar surface area (TPSA) is 59.6 Å². The first kappa shape index (κ1) is 14.0. The van der Waals surface area contributed by atoms with Crippen LogP contribution in [0.1, 0.15) is 17.2 Å². The lowest BCUT2D eigenvalue weighted by Crippen LogP contribution is -2.09. The predicted molar refractivity (Wildman–Crippen MR) is 77.2 cm³/mol. The monoisotopic (exact) mass is 329 g/mol. The summed E-state index contributed by atoms with van der Waals surface area (Å²) in [6.45, 7) is 0. The minimum Gasteiger partial charge on any atom is -0.366 e. The highest BCUT2D eigenvalue weighted by molar-refractivity contribution is 9.10. The van der Waals surface area contributed by atoms with Gasteiger partial charge >= 0.3 is 0 Å². The van der Waals surface area contributed by atoms with E-state index < -0.39 is 11.9 Å². The van der Waals surface area contributed by atoms with Crippen molar-refractivity contribution < 1.29 is 4.39 Å². The van der Waals surface area contributed by atoms with Crippen LogP contribution in [0.5, 0.6) is 0 Å². The van der Waals surface area contributed by atoms with Gasteiger partial charge in [-0.1, -0.05) is 28.1 Å². The molecule has 1 unspecified atom stereocenters. The molecule has 0 saturated heterocycles. The third-order valence-corrected chi connectivity index (χ3v) is 3.20. The van der Waals surface area contributed by atoms with Crippen LogP contribution in [-0.4, -0.2) is 0 Å². The first-order valence-corrected chi connectivity index (χ1v) is 6.54. The molecule has 2 rings (SSSR count). The van der Waals surface area contributed by atoms with E-state index in [0.717, 1.165) is 10.2 Å². The molecule has 2 aromatic rings. The van der Waals surface area contributed by atoms with Gasteiger partial charge in [-0.3, -0.25) is 0 Å². The maximum atomic E-state index is 13.3. The smallest absolute Gasteiger partial charge is 0.140 e. The second kappa shape index (κ2) is 6.18. The van der Waals surface area contributed by atoms with Crippen molar-refractivity contribution in [2.24, 2.45) is 0 Å². The standard InChI is InChI=1S/C15H9BrFN3/c16-12-2-1-3-13(7-12)20-15(9-19)10-4-5-14(17)11(6-10)8-18/h1-7,15,20H. The van der Waals surface area contributed by atoms with Crippen molar-refractivity contribution in [1.29, 1.82) is 10.5 Å². The number of halogens is 2. The number of benzene rings is 2. The fourth-order valence-electron chi connectivity index (χ4n) is 1.74. The summed E-state index contributed by atoms with van der Waals surface area (Å²) in [6.07, 6.45) is 0. The number of rotatable bonds is 3. The van der Waals surface area contributed by atoms with E-state index in [-0.39, 0.29) is 5.56 Å². The van der Waals surface area contributed by atoms with Gasteiger partial charge in [0.2, 0.25) is 0 Å². The number of anilines is 1. The molecular formula is C15H9BrFN3. The van der Waals surface area contributed by atoms with E-state index in [1.54, 1.807) is 6.07 Å². The third kappa shape index (κ3) is 3.14.